The number of hydrogen-bond donors (Lipinski definition) is 0. The number of ether oxygens (including phenoxy) is 1. The third-order valence-electron chi connectivity index (χ3n) is 4.00. The van der Waals surface area contributed by atoms with Crippen LogP contribution in [0.15, 0.2) is 34.2 Å². The Morgan fingerprint density at radius 3 is 3.09 bits per heavy atom. The Kier molecular flexibility index (Phi) is 3.62. The molecule has 0 saturated carbocycles. The van der Waals surface area contributed by atoms with Crippen molar-refractivity contribution in [1.29, 1.82) is 0 Å². The van der Waals surface area contributed by atoms with E-state index in [4.69, 9.17) is 4.74 Å². The van der Waals surface area contributed by atoms with Gasteiger partial charge in [-0.3, -0.25) is 4.99 Å². The summed E-state index contributed by atoms with van der Waals surface area (Å²) in [5, 5.41) is 2.39. The van der Waals surface area contributed by atoms with Crippen LogP contribution in [-0.2, 0) is 0 Å². The molecule has 1 aromatic carbocycles. The van der Waals surface area contributed by atoms with Gasteiger partial charge in [0.15, 0.2) is 5.17 Å². The highest BCUT2D eigenvalue weighted by atomic mass is 32.2. The molecular formula is C17H18N2OS2. The van der Waals surface area contributed by atoms with Crippen molar-refractivity contribution in [1.82, 2.24) is 4.90 Å². The summed E-state index contributed by atoms with van der Waals surface area (Å²) in [4.78, 5) is 9.83. The highest BCUT2D eigenvalue weighted by molar-refractivity contribution is 8.17. The van der Waals surface area contributed by atoms with Gasteiger partial charge in [0.1, 0.15) is 5.75 Å². The first-order valence-corrected chi connectivity index (χ1v) is 9.25. The Morgan fingerprint density at radius 1 is 1.36 bits per heavy atom. The molecule has 5 heteroatoms. The van der Waals surface area contributed by atoms with Crippen molar-refractivity contribution in [3.05, 3.63) is 34.0 Å². The van der Waals surface area contributed by atoms with Crippen LogP contribution in [0.1, 0.15) is 24.6 Å². The van der Waals surface area contributed by atoms with Crippen LogP contribution >= 0.6 is 23.1 Å². The van der Waals surface area contributed by atoms with Crippen molar-refractivity contribution in [3.63, 3.8) is 0 Å². The molecule has 3 heterocycles. The normalized spacial score (nSPS) is 17.4. The summed E-state index contributed by atoms with van der Waals surface area (Å²) in [5.74, 6) is 0.957. The second kappa shape index (κ2) is 5.63. The summed E-state index contributed by atoms with van der Waals surface area (Å²) < 4.78 is 6.80. The van der Waals surface area contributed by atoms with Gasteiger partial charge in [0, 0.05) is 21.5 Å². The number of fused-ring (bicyclic) bond motifs is 2. The Balaban J connectivity index is 1.85. The van der Waals surface area contributed by atoms with E-state index in [1.807, 2.05) is 29.2 Å². The molecule has 0 amide bonds. The summed E-state index contributed by atoms with van der Waals surface area (Å²) >= 11 is 3.71. The predicted octanol–water partition coefficient (Wildman–Crippen LogP) is 4.80. The van der Waals surface area contributed by atoms with Gasteiger partial charge in [0.2, 0.25) is 0 Å². The molecule has 22 heavy (non-hydrogen) atoms. The summed E-state index contributed by atoms with van der Waals surface area (Å²) in [6.45, 7) is 4.17. The zero-order chi connectivity index (χ0) is 15.1. The predicted molar refractivity (Wildman–Crippen MR) is 96.8 cm³/mol. The van der Waals surface area contributed by atoms with E-state index in [9.17, 15) is 0 Å². The van der Waals surface area contributed by atoms with E-state index in [1.54, 1.807) is 7.11 Å². The molecule has 0 saturated heterocycles. The van der Waals surface area contributed by atoms with E-state index in [0.29, 0.717) is 0 Å². The molecule has 0 fully saturated rings. The lowest BCUT2D eigenvalue weighted by atomic mass is 10.2. The molecule has 4 rings (SSSR count). The number of hydrogen-bond acceptors (Lipinski definition) is 5. The molecule has 2 aliphatic rings. The van der Waals surface area contributed by atoms with Gasteiger partial charge in [-0.1, -0.05) is 31.2 Å². The van der Waals surface area contributed by atoms with Crippen molar-refractivity contribution in [2.24, 2.45) is 4.99 Å². The molecule has 0 radical (unpaired) electrons. The SMILES string of the molecule is CCCC1=C(c2cc3c(OC)cccc3s2)N2CCN=C2S1. The van der Waals surface area contributed by atoms with Gasteiger partial charge in [-0.05, 0) is 24.6 Å². The molecule has 2 aliphatic heterocycles. The third-order valence-corrected chi connectivity index (χ3v) is 6.28. The Hall–Kier alpha value is -1.46. The molecule has 2 aromatic rings. The van der Waals surface area contributed by atoms with Crippen LogP contribution in [0.5, 0.6) is 5.75 Å². The number of amidine groups is 1. The number of nitrogens with zero attached hydrogens (tertiary/aromatic N) is 2. The average molecular weight is 330 g/mol. The first-order chi connectivity index (χ1) is 10.8. The van der Waals surface area contributed by atoms with Crippen LogP contribution in [0.25, 0.3) is 15.8 Å². The van der Waals surface area contributed by atoms with E-state index < -0.39 is 0 Å². The van der Waals surface area contributed by atoms with Crippen LogP contribution in [0.2, 0.25) is 0 Å². The van der Waals surface area contributed by atoms with Crippen LogP contribution in [0, 0.1) is 0 Å². The number of aliphatic imine (C=N–C) groups is 1. The minimum absolute atomic E-state index is 0.916. The summed E-state index contributed by atoms with van der Waals surface area (Å²) in [5.41, 5.74) is 1.38. The molecule has 3 nitrogen and oxygen atoms in total. The second-order valence-corrected chi connectivity index (χ2v) is 7.57. The van der Waals surface area contributed by atoms with E-state index in [2.05, 4.69) is 35.0 Å². The number of allylic oxidation sites excluding steroid dienone is 1. The van der Waals surface area contributed by atoms with Gasteiger partial charge in [0.05, 0.1) is 24.2 Å². The summed E-state index contributed by atoms with van der Waals surface area (Å²) in [6, 6.07) is 8.56. The number of thiophene rings is 1. The molecule has 0 unspecified atom stereocenters. The van der Waals surface area contributed by atoms with Crippen molar-refractivity contribution in [3.8, 4) is 5.75 Å². The monoisotopic (exact) mass is 330 g/mol. The smallest absolute Gasteiger partial charge is 0.168 e. The van der Waals surface area contributed by atoms with E-state index >= 15 is 0 Å². The zero-order valence-electron chi connectivity index (χ0n) is 12.8. The Labute approximate surface area is 138 Å². The van der Waals surface area contributed by atoms with Crippen molar-refractivity contribution >= 4 is 44.0 Å². The lowest BCUT2D eigenvalue weighted by molar-refractivity contribution is 0.420. The second-order valence-electron chi connectivity index (χ2n) is 5.42. The van der Waals surface area contributed by atoms with Gasteiger partial charge in [-0.15, -0.1) is 11.3 Å². The standard InChI is InChI=1S/C17H18N2OS2/c1-3-5-14-16(19-9-8-18-17(19)22-14)15-10-11-12(20-2)6-4-7-13(11)21-15/h4,6-7,10H,3,5,8-9H2,1-2H3. The van der Waals surface area contributed by atoms with Crippen molar-refractivity contribution < 1.29 is 4.74 Å². The molecule has 114 valence electrons. The number of benzene rings is 1. The Bertz CT molecular complexity index is 791. The fourth-order valence-corrected chi connectivity index (χ4v) is 5.54. The van der Waals surface area contributed by atoms with E-state index in [1.165, 1.54) is 37.2 Å². The zero-order valence-corrected chi connectivity index (χ0v) is 14.4. The van der Waals surface area contributed by atoms with Gasteiger partial charge in [-0.25, -0.2) is 0 Å². The summed E-state index contributed by atoms with van der Waals surface area (Å²) in [7, 11) is 1.74. The van der Waals surface area contributed by atoms with Gasteiger partial charge in [-0.2, -0.15) is 0 Å². The largest absolute Gasteiger partial charge is 0.496 e. The number of rotatable bonds is 4. The molecular weight excluding hydrogens is 312 g/mol. The third kappa shape index (κ3) is 2.15. The molecule has 0 spiro atoms. The van der Waals surface area contributed by atoms with Crippen LogP contribution in [0.3, 0.4) is 0 Å². The number of methoxy groups -OCH3 is 1. The quantitative estimate of drug-likeness (QED) is 0.805. The molecule has 0 aliphatic carbocycles. The fourth-order valence-electron chi connectivity index (χ4n) is 3.03. The van der Waals surface area contributed by atoms with Crippen LogP contribution in [-0.4, -0.2) is 30.3 Å². The minimum Gasteiger partial charge on any atom is -0.496 e. The highest BCUT2D eigenvalue weighted by Gasteiger charge is 2.33. The topological polar surface area (TPSA) is 24.8 Å². The minimum atomic E-state index is 0.916. The van der Waals surface area contributed by atoms with Crippen molar-refractivity contribution in [2.45, 2.75) is 19.8 Å². The van der Waals surface area contributed by atoms with Crippen LogP contribution in [0.4, 0.5) is 0 Å². The highest BCUT2D eigenvalue weighted by Crippen LogP contribution is 2.47. The van der Waals surface area contributed by atoms with Crippen molar-refractivity contribution in [2.75, 3.05) is 20.2 Å². The molecule has 1 aromatic heterocycles. The maximum Gasteiger partial charge on any atom is 0.168 e. The van der Waals surface area contributed by atoms with Gasteiger partial charge in [0.25, 0.3) is 0 Å². The molecule has 0 N–H and O–H groups in total. The first kappa shape index (κ1) is 14.2. The fraction of sp³-hybridized carbons (Fsp3) is 0.353. The average Bonchev–Trinajstić information content (AvgIpc) is 3.19. The number of thioether (sulfide) groups is 1. The first-order valence-electron chi connectivity index (χ1n) is 7.61. The maximum atomic E-state index is 5.51. The van der Waals surface area contributed by atoms with Crippen LogP contribution < -0.4 is 4.74 Å². The van der Waals surface area contributed by atoms with E-state index in [0.717, 1.165) is 25.3 Å². The van der Waals surface area contributed by atoms with E-state index in [-0.39, 0.29) is 0 Å². The van der Waals surface area contributed by atoms with Gasteiger partial charge >= 0.3 is 0 Å². The molecule has 0 atom stereocenters. The lowest BCUT2D eigenvalue weighted by Gasteiger charge is -2.15. The lowest BCUT2D eigenvalue weighted by Crippen LogP contribution is -2.19. The maximum absolute atomic E-state index is 5.51. The molecule has 0 bridgehead atoms. The van der Waals surface area contributed by atoms with Gasteiger partial charge < -0.3 is 9.64 Å². The summed E-state index contributed by atoms with van der Waals surface area (Å²) in [6.07, 6.45) is 2.29. The Morgan fingerprint density at radius 2 is 2.27 bits per heavy atom.